The van der Waals surface area contributed by atoms with Crippen LogP contribution in [0.5, 0.6) is 0 Å². The zero-order chi connectivity index (χ0) is 18.9. The van der Waals surface area contributed by atoms with Crippen molar-refractivity contribution < 1.29 is 22.0 Å². The summed E-state index contributed by atoms with van der Waals surface area (Å²) in [5, 5.41) is 5.35. The van der Waals surface area contributed by atoms with Crippen molar-refractivity contribution in [3.63, 3.8) is 0 Å². The molecule has 1 aliphatic heterocycles. The van der Waals surface area contributed by atoms with Crippen LogP contribution in [-0.2, 0) is 9.84 Å². The van der Waals surface area contributed by atoms with Crippen LogP contribution in [0.25, 0.3) is 0 Å². The molecule has 0 spiro atoms. The number of sulfone groups is 1. The summed E-state index contributed by atoms with van der Waals surface area (Å²) < 4.78 is 49.2. The average Bonchev–Trinajstić information content (AvgIpc) is 2.89. The van der Waals surface area contributed by atoms with E-state index < -0.39 is 33.4 Å². The second kappa shape index (κ2) is 6.94. The van der Waals surface area contributed by atoms with Gasteiger partial charge in [-0.05, 0) is 31.5 Å². The fourth-order valence-electron chi connectivity index (χ4n) is 2.61. The van der Waals surface area contributed by atoms with Crippen LogP contribution in [0.1, 0.15) is 22.6 Å². The number of halogens is 2. The third-order valence-corrected chi connectivity index (χ3v) is 5.60. The van der Waals surface area contributed by atoms with E-state index in [4.69, 9.17) is 0 Å². The van der Waals surface area contributed by atoms with Crippen molar-refractivity contribution in [1.29, 1.82) is 0 Å². The average molecular weight is 382 g/mol. The normalized spacial score (nSPS) is 18.5. The van der Waals surface area contributed by atoms with Gasteiger partial charge in [0.1, 0.15) is 5.69 Å². The number of anilines is 2. The molecule has 10 heteroatoms. The Hall–Kier alpha value is -2.62. The summed E-state index contributed by atoms with van der Waals surface area (Å²) in [5.74, 6) is -2.53. The first-order valence-electron chi connectivity index (χ1n) is 7.81. The molecule has 0 saturated carbocycles. The zero-order valence-corrected chi connectivity index (χ0v) is 14.6. The van der Waals surface area contributed by atoms with E-state index in [1.807, 2.05) is 0 Å². The Balaban J connectivity index is 1.76. The molecule has 0 radical (unpaired) electrons. The van der Waals surface area contributed by atoms with Gasteiger partial charge >= 0.3 is 0 Å². The summed E-state index contributed by atoms with van der Waals surface area (Å²) in [6.07, 6.45) is 0.359. The van der Waals surface area contributed by atoms with Gasteiger partial charge in [-0.15, -0.1) is 0 Å². The van der Waals surface area contributed by atoms with Crippen LogP contribution in [0.2, 0.25) is 0 Å². The van der Waals surface area contributed by atoms with Gasteiger partial charge < -0.3 is 10.6 Å². The summed E-state index contributed by atoms with van der Waals surface area (Å²) in [5.41, 5.74) is 0.754. The molecule has 1 fully saturated rings. The smallest absolute Gasteiger partial charge is 0.270 e. The summed E-state index contributed by atoms with van der Waals surface area (Å²) in [6.45, 7) is 1.65. The highest BCUT2D eigenvalue weighted by molar-refractivity contribution is 7.91. The van der Waals surface area contributed by atoms with Gasteiger partial charge in [-0.1, -0.05) is 0 Å². The van der Waals surface area contributed by atoms with Crippen molar-refractivity contribution in [2.24, 2.45) is 0 Å². The van der Waals surface area contributed by atoms with Crippen LogP contribution in [0.15, 0.2) is 24.3 Å². The van der Waals surface area contributed by atoms with Crippen LogP contribution in [0, 0.1) is 18.6 Å². The molecule has 3 rings (SSSR count). The lowest BCUT2D eigenvalue weighted by Gasteiger charge is -2.12. The predicted octanol–water partition coefficient (Wildman–Crippen LogP) is 1.72. The van der Waals surface area contributed by atoms with Gasteiger partial charge in [0.15, 0.2) is 21.5 Å². The lowest BCUT2D eigenvalue weighted by Crippen LogP contribution is -2.36. The third kappa shape index (κ3) is 4.31. The van der Waals surface area contributed by atoms with Crippen LogP contribution >= 0.6 is 0 Å². The molecule has 1 unspecified atom stereocenters. The van der Waals surface area contributed by atoms with Gasteiger partial charge in [-0.2, -0.15) is 0 Å². The number of aromatic nitrogens is 2. The fraction of sp³-hybridized carbons (Fsp3) is 0.312. The standard InChI is InChI=1S/C16H16F2N4O3S/c1-9-6-14(15(23)20-11-4-5-26(24,25)8-11)22-16(19-9)21-10-2-3-12(17)13(18)7-10/h2-3,6-7,11H,4-5,8H2,1H3,(H,20,23)(H,19,21,22). The number of hydrogen-bond donors (Lipinski definition) is 2. The van der Waals surface area contributed by atoms with Crippen molar-refractivity contribution in [3.8, 4) is 0 Å². The SMILES string of the molecule is Cc1cc(C(=O)NC2CCS(=O)(=O)C2)nc(Nc2ccc(F)c(F)c2)n1. The molecule has 2 aromatic rings. The largest absolute Gasteiger partial charge is 0.347 e. The highest BCUT2D eigenvalue weighted by Gasteiger charge is 2.29. The summed E-state index contributed by atoms with van der Waals surface area (Å²) in [6, 6.07) is 4.22. The lowest BCUT2D eigenvalue weighted by molar-refractivity contribution is 0.0936. The van der Waals surface area contributed by atoms with Crippen molar-refractivity contribution in [2.45, 2.75) is 19.4 Å². The van der Waals surface area contributed by atoms with Gasteiger partial charge in [0.25, 0.3) is 5.91 Å². The zero-order valence-electron chi connectivity index (χ0n) is 13.8. The fourth-order valence-corrected chi connectivity index (χ4v) is 4.29. The summed E-state index contributed by atoms with van der Waals surface area (Å²) in [4.78, 5) is 20.5. The topological polar surface area (TPSA) is 101 Å². The van der Waals surface area contributed by atoms with E-state index in [0.29, 0.717) is 12.1 Å². The van der Waals surface area contributed by atoms with E-state index >= 15 is 0 Å². The van der Waals surface area contributed by atoms with E-state index in [9.17, 15) is 22.0 Å². The Labute approximate surface area is 148 Å². The number of hydrogen-bond acceptors (Lipinski definition) is 6. The molecule has 0 bridgehead atoms. The summed E-state index contributed by atoms with van der Waals surface area (Å²) >= 11 is 0. The van der Waals surface area contributed by atoms with E-state index in [1.165, 1.54) is 12.1 Å². The second-order valence-corrected chi connectivity index (χ2v) is 8.27. The van der Waals surface area contributed by atoms with Crippen molar-refractivity contribution in [1.82, 2.24) is 15.3 Å². The second-order valence-electron chi connectivity index (χ2n) is 6.05. The number of carbonyl (C=O) groups is 1. The maximum absolute atomic E-state index is 13.3. The Morgan fingerprint density at radius 3 is 2.62 bits per heavy atom. The molecule has 26 heavy (non-hydrogen) atoms. The molecule has 1 saturated heterocycles. The van der Waals surface area contributed by atoms with Crippen molar-refractivity contribution >= 4 is 27.4 Å². The molecule has 1 aromatic heterocycles. The highest BCUT2D eigenvalue weighted by Crippen LogP contribution is 2.18. The minimum atomic E-state index is -3.11. The number of carbonyl (C=O) groups excluding carboxylic acids is 1. The van der Waals surface area contributed by atoms with Crippen LogP contribution < -0.4 is 10.6 Å². The number of nitrogens with zero attached hydrogens (tertiary/aromatic N) is 2. The molecule has 1 amide bonds. The molecule has 1 aliphatic rings. The maximum Gasteiger partial charge on any atom is 0.270 e. The van der Waals surface area contributed by atoms with Gasteiger partial charge in [-0.25, -0.2) is 27.2 Å². The van der Waals surface area contributed by atoms with Gasteiger partial charge in [-0.3, -0.25) is 4.79 Å². The van der Waals surface area contributed by atoms with Crippen LogP contribution in [0.3, 0.4) is 0 Å². The van der Waals surface area contributed by atoms with E-state index in [-0.39, 0.29) is 28.8 Å². The molecule has 7 nitrogen and oxygen atoms in total. The molecule has 0 aliphatic carbocycles. The van der Waals surface area contributed by atoms with Gasteiger partial charge in [0, 0.05) is 23.5 Å². The van der Waals surface area contributed by atoms with Crippen LogP contribution in [-0.4, -0.2) is 41.8 Å². The first-order chi connectivity index (χ1) is 12.2. The first kappa shape index (κ1) is 18.2. The van der Waals surface area contributed by atoms with E-state index in [0.717, 1.165) is 12.1 Å². The summed E-state index contributed by atoms with van der Waals surface area (Å²) in [7, 11) is -3.11. The minimum Gasteiger partial charge on any atom is -0.347 e. The number of aryl methyl sites for hydroxylation is 1. The van der Waals surface area contributed by atoms with Crippen LogP contribution in [0.4, 0.5) is 20.4 Å². The molecular formula is C16H16F2N4O3S. The molecule has 1 aromatic carbocycles. The molecule has 2 heterocycles. The lowest BCUT2D eigenvalue weighted by atomic mass is 10.2. The Morgan fingerprint density at radius 1 is 1.19 bits per heavy atom. The molecular weight excluding hydrogens is 366 g/mol. The minimum absolute atomic E-state index is 0.0419. The first-order valence-corrected chi connectivity index (χ1v) is 9.63. The van der Waals surface area contributed by atoms with E-state index in [2.05, 4.69) is 20.6 Å². The monoisotopic (exact) mass is 382 g/mol. The number of amides is 1. The number of benzene rings is 1. The van der Waals surface area contributed by atoms with Crippen molar-refractivity contribution in [3.05, 3.63) is 47.3 Å². The van der Waals surface area contributed by atoms with Gasteiger partial charge in [0.05, 0.1) is 11.5 Å². The Morgan fingerprint density at radius 2 is 1.96 bits per heavy atom. The molecule has 1 atom stereocenters. The molecule has 138 valence electrons. The molecule has 2 N–H and O–H groups in total. The highest BCUT2D eigenvalue weighted by atomic mass is 32.2. The Kier molecular flexibility index (Phi) is 4.86. The Bertz CT molecular complexity index is 966. The van der Waals surface area contributed by atoms with Crippen molar-refractivity contribution in [2.75, 3.05) is 16.8 Å². The third-order valence-electron chi connectivity index (χ3n) is 3.83. The number of rotatable bonds is 4. The van der Waals surface area contributed by atoms with Gasteiger partial charge in [0.2, 0.25) is 5.95 Å². The number of nitrogens with one attached hydrogen (secondary N) is 2. The predicted molar refractivity (Wildman–Crippen MR) is 90.9 cm³/mol. The maximum atomic E-state index is 13.3. The van der Waals surface area contributed by atoms with E-state index in [1.54, 1.807) is 6.92 Å². The quantitative estimate of drug-likeness (QED) is 0.835.